The number of aryl methyl sites for hydroxylation is 1. The fourth-order valence-corrected chi connectivity index (χ4v) is 5.32. The third-order valence-electron chi connectivity index (χ3n) is 7.19. The topological polar surface area (TPSA) is 57.7 Å². The van der Waals surface area contributed by atoms with Gasteiger partial charge in [-0.1, -0.05) is 30.3 Å². The van der Waals surface area contributed by atoms with Crippen molar-refractivity contribution in [2.75, 3.05) is 26.8 Å². The summed E-state index contributed by atoms with van der Waals surface area (Å²) in [4.78, 5) is 5.73. The number of methoxy groups -OCH3 is 1. The number of hydrogen-bond donors (Lipinski definition) is 2. The summed E-state index contributed by atoms with van der Waals surface area (Å²) in [5.74, 6) is 2.26. The standard InChI is InChI=1S/C29H34N2O3/c1-19-13-27-28(30-19)5-4-6-29(27)34-18-25(32)17-31-12-11-24(14-20(31)2)21-7-8-23-16-26(33-3)10-9-22(23)15-21/h4-10,13,15-16,20,24-25,30,32H,11-12,14,17-18H2,1-3H3/t20?,24?,25-/m0/s1. The van der Waals surface area contributed by atoms with Gasteiger partial charge in [0, 0.05) is 29.2 Å². The Morgan fingerprint density at radius 2 is 1.91 bits per heavy atom. The van der Waals surface area contributed by atoms with Crippen molar-refractivity contribution in [3.63, 3.8) is 0 Å². The summed E-state index contributed by atoms with van der Waals surface area (Å²) in [6.45, 7) is 6.22. The van der Waals surface area contributed by atoms with Crippen molar-refractivity contribution in [2.45, 2.75) is 44.8 Å². The number of hydrogen-bond acceptors (Lipinski definition) is 4. The first-order chi connectivity index (χ1) is 16.5. The summed E-state index contributed by atoms with van der Waals surface area (Å²) in [7, 11) is 1.71. The molecule has 1 fully saturated rings. The molecule has 4 aromatic rings. The minimum atomic E-state index is -0.523. The molecule has 5 rings (SSSR count). The van der Waals surface area contributed by atoms with Crippen molar-refractivity contribution in [3.8, 4) is 11.5 Å². The van der Waals surface area contributed by atoms with Crippen LogP contribution in [0.4, 0.5) is 0 Å². The molecule has 178 valence electrons. The summed E-state index contributed by atoms with van der Waals surface area (Å²) in [6, 6.07) is 21.6. The van der Waals surface area contributed by atoms with Gasteiger partial charge in [0.2, 0.25) is 0 Å². The number of ether oxygens (including phenoxy) is 2. The molecular weight excluding hydrogens is 424 g/mol. The lowest BCUT2D eigenvalue weighted by atomic mass is 9.85. The normalized spacial score (nSPS) is 20.0. The van der Waals surface area contributed by atoms with E-state index in [1.54, 1.807) is 7.11 Å². The van der Waals surface area contributed by atoms with Gasteiger partial charge in [-0.25, -0.2) is 0 Å². The molecule has 3 atom stereocenters. The van der Waals surface area contributed by atoms with E-state index in [4.69, 9.17) is 9.47 Å². The Balaban J connectivity index is 1.17. The number of benzene rings is 3. The van der Waals surface area contributed by atoms with Gasteiger partial charge in [-0.05, 0) is 85.8 Å². The van der Waals surface area contributed by atoms with Crippen LogP contribution in [0.2, 0.25) is 0 Å². The van der Waals surface area contributed by atoms with E-state index in [0.29, 0.717) is 25.1 Å². The third kappa shape index (κ3) is 4.77. The Bertz CT molecular complexity index is 1280. The number of aromatic amines is 1. The third-order valence-corrected chi connectivity index (χ3v) is 7.19. The Morgan fingerprint density at radius 3 is 2.74 bits per heavy atom. The van der Waals surface area contributed by atoms with Crippen molar-refractivity contribution in [1.82, 2.24) is 9.88 Å². The van der Waals surface area contributed by atoms with E-state index in [9.17, 15) is 5.11 Å². The van der Waals surface area contributed by atoms with Crippen LogP contribution in [0.15, 0.2) is 60.7 Å². The molecule has 1 aromatic heterocycles. The molecule has 2 unspecified atom stereocenters. The van der Waals surface area contributed by atoms with Gasteiger partial charge in [-0.2, -0.15) is 0 Å². The molecule has 5 nitrogen and oxygen atoms in total. The Morgan fingerprint density at radius 1 is 1.09 bits per heavy atom. The van der Waals surface area contributed by atoms with Crippen molar-refractivity contribution in [3.05, 3.63) is 71.9 Å². The molecule has 0 radical (unpaired) electrons. The summed E-state index contributed by atoms with van der Waals surface area (Å²) in [5.41, 5.74) is 3.57. The predicted molar refractivity (Wildman–Crippen MR) is 138 cm³/mol. The predicted octanol–water partition coefficient (Wildman–Crippen LogP) is 5.65. The number of nitrogens with one attached hydrogen (secondary N) is 1. The maximum absolute atomic E-state index is 10.7. The van der Waals surface area contributed by atoms with Crippen LogP contribution in [0.3, 0.4) is 0 Å². The minimum Gasteiger partial charge on any atom is -0.497 e. The van der Waals surface area contributed by atoms with E-state index in [0.717, 1.165) is 47.5 Å². The molecule has 3 aromatic carbocycles. The lowest BCUT2D eigenvalue weighted by molar-refractivity contribution is 0.0406. The summed E-state index contributed by atoms with van der Waals surface area (Å²) in [5, 5.41) is 14.3. The second kappa shape index (κ2) is 9.69. The number of aromatic nitrogens is 1. The van der Waals surface area contributed by atoms with Crippen molar-refractivity contribution >= 4 is 21.7 Å². The fraction of sp³-hybridized carbons (Fsp3) is 0.379. The molecular formula is C29H34N2O3. The van der Waals surface area contributed by atoms with Crippen LogP contribution in [0.25, 0.3) is 21.7 Å². The van der Waals surface area contributed by atoms with Gasteiger partial charge in [0.25, 0.3) is 0 Å². The second-order valence-corrected chi connectivity index (χ2v) is 9.67. The Hall–Kier alpha value is -3.02. The van der Waals surface area contributed by atoms with Crippen molar-refractivity contribution < 1.29 is 14.6 Å². The molecule has 1 aliphatic rings. The summed E-state index contributed by atoms with van der Waals surface area (Å²) < 4.78 is 11.4. The average Bonchev–Trinajstić information content (AvgIpc) is 3.24. The summed E-state index contributed by atoms with van der Waals surface area (Å²) in [6.07, 6.45) is 1.67. The minimum absolute atomic E-state index is 0.296. The number of aliphatic hydroxyl groups excluding tert-OH is 1. The number of H-pyrrole nitrogens is 1. The largest absolute Gasteiger partial charge is 0.497 e. The van der Waals surface area contributed by atoms with Crippen LogP contribution in [0, 0.1) is 6.92 Å². The molecule has 1 saturated heterocycles. The van der Waals surface area contributed by atoms with E-state index in [1.165, 1.54) is 16.3 Å². The quantitative estimate of drug-likeness (QED) is 0.376. The maximum Gasteiger partial charge on any atom is 0.128 e. The van der Waals surface area contributed by atoms with Gasteiger partial charge in [0.1, 0.15) is 24.2 Å². The zero-order valence-electron chi connectivity index (χ0n) is 20.3. The number of nitrogens with zero attached hydrogens (tertiary/aromatic N) is 1. The number of fused-ring (bicyclic) bond motifs is 2. The maximum atomic E-state index is 10.7. The van der Waals surface area contributed by atoms with Crippen LogP contribution in [-0.4, -0.2) is 53.9 Å². The van der Waals surface area contributed by atoms with Crippen LogP contribution in [-0.2, 0) is 0 Å². The number of likely N-dealkylation sites (tertiary alicyclic amines) is 1. The lowest BCUT2D eigenvalue weighted by Gasteiger charge is -2.39. The molecule has 0 amide bonds. The lowest BCUT2D eigenvalue weighted by Crippen LogP contribution is -2.45. The van der Waals surface area contributed by atoms with Gasteiger partial charge >= 0.3 is 0 Å². The zero-order chi connectivity index (χ0) is 23.7. The van der Waals surface area contributed by atoms with Gasteiger partial charge in [0.05, 0.1) is 7.11 Å². The second-order valence-electron chi connectivity index (χ2n) is 9.67. The van der Waals surface area contributed by atoms with Gasteiger partial charge in [-0.15, -0.1) is 0 Å². The highest BCUT2D eigenvalue weighted by molar-refractivity contribution is 5.86. The van der Waals surface area contributed by atoms with E-state index >= 15 is 0 Å². The van der Waals surface area contributed by atoms with Crippen LogP contribution in [0.5, 0.6) is 11.5 Å². The van der Waals surface area contributed by atoms with Crippen LogP contribution < -0.4 is 9.47 Å². The first-order valence-corrected chi connectivity index (χ1v) is 12.2. The van der Waals surface area contributed by atoms with Gasteiger partial charge in [0.15, 0.2) is 0 Å². The van der Waals surface area contributed by atoms with E-state index < -0.39 is 6.10 Å². The molecule has 2 N–H and O–H groups in total. The number of rotatable bonds is 7. The number of β-amino-alcohol motifs (C(OH)–C–C–N with tert-alkyl or cyclic N) is 1. The molecule has 5 heteroatoms. The molecule has 0 aliphatic carbocycles. The molecule has 0 spiro atoms. The Kier molecular flexibility index (Phi) is 6.48. The van der Waals surface area contributed by atoms with Gasteiger partial charge < -0.3 is 19.6 Å². The van der Waals surface area contributed by atoms with Gasteiger partial charge in [-0.3, -0.25) is 4.90 Å². The zero-order valence-corrected chi connectivity index (χ0v) is 20.3. The van der Waals surface area contributed by atoms with Crippen molar-refractivity contribution in [1.29, 1.82) is 0 Å². The SMILES string of the molecule is COc1ccc2cc(C3CCN(C[C@H](O)COc4cccc5[nH]c(C)cc45)C(C)C3)ccc2c1. The highest BCUT2D eigenvalue weighted by Gasteiger charge is 2.28. The van der Waals surface area contributed by atoms with E-state index in [2.05, 4.69) is 53.2 Å². The van der Waals surface area contributed by atoms with Crippen molar-refractivity contribution in [2.24, 2.45) is 0 Å². The highest BCUT2D eigenvalue weighted by Crippen LogP contribution is 2.34. The molecule has 1 aliphatic heterocycles. The summed E-state index contributed by atoms with van der Waals surface area (Å²) >= 11 is 0. The average molecular weight is 459 g/mol. The highest BCUT2D eigenvalue weighted by atomic mass is 16.5. The van der Waals surface area contributed by atoms with Crippen LogP contribution in [0.1, 0.15) is 36.9 Å². The molecule has 0 saturated carbocycles. The molecule has 0 bridgehead atoms. The Labute approximate surface area is 201 Å². The first kappa shape index (κ1) is 22.8. The van der Waals surface area contributed by atoms with E-state index in [-0.39, 0.29) is 0 Å². The monoisotopic (exact) mass is 458 g/mol. The smallest absolute Gasteiger partial charge is 0.128 e. The molecule has 34 heavy (non-hydrogen) atoms. The first-order valence-electron chi connectivity index (χ1n) is 12.2. The fourth-order valence-electron chi connectivity index (χ4n) is 5.32. The molecule has 2 heterocycles. The van der Waals surface area contributed by atoms with Crippen LogP contribution >= 0.6 is 0 Å². The van der Waals surface area contributed by atoms with E-state index in [1.807, 2.05) is 31.2 Å². The number of piperidine rings is 1. The number of aliphatic hydroxyl groups is 1.